The monoisotopic (exact) mass is 300 g/mol. The highest BCUT2D eigenvalue weighted by molar-refractivity contribution is 5.81. The van der Waals surface area contributed by atoms with Crippen LogP contribution in [0.25, 0.3) is 0 Å². The zero-order valence-corrected chi connectivity index (χ0v) is 13.2. The molecule has 2 amide bonds. The van der Waals surface area contributed by atoms with E-state index in [0.29, 0.717) is 6.54 Å². The molecule has 3 rings (SSSR count). The van der Waals surface area contributed by atoms with Crippen LogP contribution in [0.2, 0.25) is 0 Å². The van der Waals surface area contributed by atoms with Gasteiger partial charge in [0.1, 0.15) is 0 Å². The number of nitrogens with one attached hydrogen (secondary N) is 1. The Hall–Kier alpha value is -1.84. The minimum Gasteiger partial charge on any atom is -0.350 e. The van der Waals surface area contributed by atoms with Crippen LogP contribution in [0.1, 0.15) is 38.2 Å². The second-order valence-electron chi connectivity index (χ2n) is 6.74. The number of piperidine rings is 1. The summed E-state index contributed by atoms with van der Waals surface area (Å²) in [4.78, 5) is 25.9. The summed E-state index contributed by atoms with van der Waals surface area (Å²) in [5.41, 5.74) is 1.23. The number of carbonyl (C=O) groups excluding carboxylic acids is 2. The number of hydrogen-bond donors (Lipinski definition) is 1. The standard InChI is InChI=1S/C18H24N2O2/c1-14(21)20-11-5-8-16(13-20)17(22)19-18(9-10-18)12-15-6-3-2-4-7-15/h2-4,6-7,16H,5,8-13H2,1H3,(H,19,22). The molecule has 0 bridgehead atoms. The number of rotatable bonds is 4. The molecular weight excluding hydrogens is 276 g/mol. The van der Waals surface area contributed by atoms with Gasteiger partial charge in [-0.2, -0.15) is 0 Å². The zero-order chi connectivity index (χ0) is 15.6. The van der Waals surface area contributed by atoms with Crippen molar-refractivity contribution >= 4 is 11.8 Å². The molecule has 0 spiro atoms. The second-order valence-corrected chi connectivity index (χ2v) is 6.74. The summed E-state index contributed by atoms with van der Waals surface area (Å²) in [7, 11) is 0. The Morgan fingerprint density at radius 1 is 1.27 bits per heavy atom. The van der Waals surface area contributed by atoms with Gasteiger partial charge in [-0.05, 0) is 37.7 Å². The van der Waals surface area contributed by atoms with Gasteiger partial charge in [0.2, 0.25) is 11.8 Å². The fourth-order valence-electron chi connectivity index (χ4n) is 3.32. The molecule has 1 aromatic rings. The third-order valence-electron chi connectivity index (χ3n) is 4.86. The van der Waals surface area contributed by atoms with Gasteiger partial charge < -0.3 is 10.2 Å². The highest BCUT2D eigenvalue weighted by atomic mass is 16.2. The minimum atomic E-state index is -0.0501. The van der Waals surface area contributed by atoms with Crippen LogP contribution >= 0.6 is 0 Å². The lowest BCUT2D eigenvalue weighted by Gasteiger charge is -2.32. The quantitative estimate of drug-likeness (QED) is 0.926. The van der Waals surface area contributed by atoms with E-state index < -0.39 is 0 Å². The number of likely N-dealkylation sites (tertiary alicyclic amines) is 1. The molecule has 1 heterocycles. The smallest absolute Gasteiger partial charge is 0.225 e. The Balaban J connectivity index is 1.58. The summed E-state index contributed by atoms with van der Waals surface area (Å²) in [6.07, 6.45) is 4.82. The molecule has 22 heavy (non-hydrogen) atoms. The Morgan fingerprint density at radius 2 is 2.00 bits per heavy atom. The van der Waals surface area contributed by atoms with E-state index in [-0.39, 0.29) is 23.3 Å². The van der Waals surface area contributed by atoms with Gasteiger partial charge in [-0.25, -0.2) is 0 Å². The van der Waals surface area contributed by atoms with Crippen molar-refractivity contribution in [1.29, 1.82) is 0 Å². The van der Waals surface area contributed by atoms with Crippen LogP contribution in [-0.2, 0) is 16.0 Å². The van der Waals surface area contributed by atoms with E-state index >= 15 is 0 Å². The average molecular weight is 300 g/mol. The van der Waals surface area contributed by atoms with Gasteiger partial charge >= 0.3 is 0 Å². The SMILES string of the molecule is CC(=O)N1CCCC(C(=O)NC2(Cc3ccccc3)CC2)C1. The van der Waals surface area contributed by atoms with E-state index in [9.17, 15) is 9.59 Å². The molecule has 2 fully saturated rings. The lowest BCUT2D eigenvalue weighted by Crippen LogP contribution is -2.48. The molecule has 1 atom stereocenters. The molecule has 4 nitrogen and oxygen atoms in total. The maximum absolute atomic E-state index is 12.6. The van der Waals surface area contributed by atoms with Gasteiger partial charge in [-0.1, -0.05) is 30.3 Å². The van der Waals surface area contributed by atoms with Crippen LogP contribution in [0.4, 0.5) is 0 Å². The van der Waals surface area contributed by atoms with E-state index in [1.165, 1.54) is 5.56 Å². The van der Waals surface area contributed by atoms with E-state index in [2.05, 4.69) is 17.4 Å². The molecule has 0 radical (unpaired) electrons. The van der Waals surface area contributed by atoms with Gasteiger partial charge in [-0.15, -0.1) is 0 Å². The normalized spacial score (nSPS) is 23.0. The van der Waals surface area contributed by atoms with Gasteiger partial charge in [0.15, 0.2) is 0 Å². The molecular formula is C18H24N2O2. The summed E-state index contributed by atoms with van der Waals surface area (Å²) >= 11 is 0. The zero-order valence-electron chi connectivity index (χ0n) is 13.2. The molecule has 1 saturated carbocycles. The van der Waals surface area contributed by atoms with Crippen LogP contribution in [0, 0.1) is 5.92 Å². The average Bonchev–Trinajstić information content (AvgIpc) is 3.27. The molecule has 1 aliphatic heterocycles. The van der Waals surface area contributed by atoms with Crippen molar-refractivity contribution in [2.45, 2.75) is 44.6 Å². The van der Waals surface area contributed by atoms with Crippen molar-refractivity contribution in [3.8, 4) is 0 Å². The van der Waals surface area contributed by atoms with E-state index in [4.69, 9.17) is 0 Å². The van der Waals surface area contributed by atoms with Crippen molar-refractivity contribution in [2.75, 3.05) is 13.1 Å². The molecule has 1 saturated heterocycles. The summed E-state index contributed by atoms with van der Waals surface area (Å²) in [6.45, 7) is 2.94. The topological polar surface area (TPSA) is 49.4 Å². The predicted molar refractivity (Wildman–Crippen MR) is 85.2 cm³/mol. The van der Waals surface area contributed by atoms with Crippen LogP contribution in [0.15, 0.2) is 30.3 Å². The Kier molecular flexibility index (Phi) is 4.19. The predicted octanol–water partition coefficient (Wildman–Crippen LogP) is 2.14. The molecule has 1 N–H and O–H groups in total. The first-order valence-corrected chi connectivity index (χ1v) is 8.19. The third-order valence-corrected chi connectivity index (χ3v) is 4.86. The van der Waals surface area contributed by atoms with Crippen LogP contribution in [0.5, 0.6) is 0 Å². The van der Waals surface area contributed by atoms with Crippen molar-refractivity contribution in [1.82, 2.24) is 10.2 Å². The van der Waals surface area contributed by atoms with Crippen molar-refractivity contribution in [2.24, 2.45) is 5.92 Å². The van der Waals surface area contributed by atoms with Crippen LogP contribution < -0.4 is 5.32 Å². The number of nitrogens with zero attached hydrogens (tertiary/aromatic N) is 1. The maximum Gasteiger partial charge on any atom is 0.225 e. The van der Waals surface area contributed by atoms with E-state index in [0.717, 1.165) is 38.6 Å². The Bertz CT molecular complexity index is 551. The van der Waals surface area contributed by atoms with E-state index in [1.807, 2.05) is 18.2 Å². The second kappa shape index (κ2) is 6.11. The largest absolute Gasteiger partial charge is 0.350 e. The third kappa shape index (κ3) is 3.49. The first-order chi connectivity index (χ1) is 10.6. The van der Waals surface area contributed by atoms with Gasteiger partial charge in [0.05, 0.1) is 5.92 Å². The lowest BCUT2D eigenvalue weighted by atomic mass is 9.95. The number of carbonyl (C=O) groups is 2. The fraction of sp³-hybridized carbons (Fsp3) is 0.556. The number of amides is 2. The Labute approximate surface area is 131 Å². The van der Waals surface area contributed by atoms with Crippen LogP contribution in [0.3, 0.4) is 0 Å². The fourth-order valence-corrected chi connectivity index (χ4v) is 3.32. The Morgan fingerprint density at radius 3 is 2.64 bits per heavy atom. The number of hydrogen-bond acceptors (Lipinski definition) is 2. The van der Waals surface area contributed by atoms with Gasteiger partial charge in [0.25, 0.3) is 0 Å². The van der Waals surface area contributed by atoms with Crippen molar-refractivity contribution in [3.63, 3.8) is 0 Å². The molecule has 118 valence electrons. The molecule has 0 aromatic heterocycles. The van der Waals surface area contributed by atoms with Crippen molar-refractivity contribution < 1.29 is 9.59 Å². The van der Waals surface area contributed by atoms with Crippen LogP contribution in [-0.4, -0.2) is 35.3 Å². The molecule has 1 aliphatic carbocycles. The summed E-state index contributed by atoms with van der Waals surface area (Å²) in [5.74, 6) is 0.146. The first-order valence-electron chi connectivity index (χ1n) is 8.19. The maximum atomic E-state index is 12.6. The summed E-state index contributed by atoms with van der Waals surface area (Å²) < 4.78 is 0. The molecule has 2 aliphatic rings. The highest BCUT2D eigenvalue weighted by Gasteiger charge is 2.45. The summed E-state index contributed by atoms with van der Waals surface area (Å²) in [6, 6.07) is 10.3. The minimum absolute atomic E-state index is 0.0447. The van der Waals surface area contributed by atoms with Gasteiger partial charge in [-0.3, -0.25) is 9.59 Å². The molecule has 1 unspecified atom stereocenters. The summed E-state index contributed by atoms with van der Waals surface area (Å²) in [5, 5.41) is 3.27. The highest BCUT2D eigenvalue weighted by Crippen LogP contribution is 2.39. The van der Waals surface area contributed by atoms with Crippen molar-refractivity contribution in [3.05, 3.63) is 35.9 Å². The first kappa shape index (κ1) is 15.1. The molecule has 1 aromatic carbocycles. The lowest BCUT2D eigenvalue weighted by molar-refractivity contribution is -0.134. The number of benzene rings is 1. The van der Waals surface area contributed by atoms with E-state index in [1.54, 1.807) is 11.8 Å². The van der Waals surface area contributed by atoms with Gasteiger partial charge in [0, 0.05) is 25.6 Å². The molecule has 4 heteroatoms.